The van der Waals surface area contributed by atoms with Crippen molar-refractivity contribution in [2.45, 2.75) is 18.6 Å². The van der Waals surface area contributed by atoms with Gasteiger partial charge >= 0.3 is 0 Å². The lowest BCUT2D eigenvalue weighted by Gasteiger charge is -2.36. The number of aromatic nitrogens is 1. The molecule has 1 N–H and O–H groups in total. The van der Waals surface area contributed by atoms with Gasteiger partial charge in [-0.25, -0.2) is 0 Å². The summed E-state index contributed by atoms with van der Waals surface area (Å²) < 4.78 is 11.4. The minimum absolute atomic E-state index is 0.128. The summed E-state index contributed by atoms with van der Waals surface area (Å²) in [6.07, 6.45) is 3.03. The molecule has 0 radical (unpaired) electrons. The van der Waals surface area contributed by atoms with Crippen molar-refractivity contribution in [3.8, 4) is 5.75 Å². The zero-order valence-electron chi connectivity index (χ0n) is 12.0. The summed E-state index contributed by atoms with van der Waals surface area (Å²) in [6, 6.07) is 12.4. The van der Waals surface area contributed by atoms with Crippen LogP contribution < -0.4 is 10.1 Å². The third-order valence-corrected chi connectivity index (χ3v) is 4.45. The van der Waals surface area contributed by atoms with Crippen molar-refractivity contribution in [2.24, 2.45) is 5.92 Å². The molecule has 0 unspecified atom stereocenters. The first-order valence-electron chi connectivity index (χ1n) is 7.34. The Morgan fingerprint density at radius 2 is 2.24 bits per heavy atom. The molecule has 2 aromatic rings. The lowest BCUT2D eigenvalue weighted by atomic mass is 9.82. The molecule has 108 valence electrons. The normalized spacial score (nSPS) is 26.6. The largest absolute Gasteiger partial charge is 0.497 e. The van der Waals surface area contributed by atoms with Crippen LogP contribution >= 0.6 is 0 Å². The van der Waals surface area contributed by atoms with Crippen LogP contribution in [0.25, 0.3) is 0 Å². The number of methoxy groups -OCH3 is 1. The lowest BCUT2D eigenvalue weighted by molar-refractivity contribution is 0.0823. The highest BCUT2D eigenvalue weighted by Crippen LogP contribution is 2.50. The van der Waals surface area contributed by atoms with E-state index >= 15 is 0 Å². The first kappa shape index (κ1) is 12.7. The number of hydrogen-bond acceptors (Lipinski definition) is 4. The summed E-state index contributed by atoms with van der Waals surface area (Å²) in [6.45, 7) is 0.803. The van der Waals surface area contributed by atoms with E-state index in [-0.39, 0.29) is 12.1 Å². The van der Waals surface area contributed by atoms with Gasteiger partial charge in [-0.1, -0.05) is 6.07 Å². The van der Waals surface area contributed by atoms with Crippen LogP contribution in [0, 0.1) is 5.92 Å². The summed E-state index contributed by atoms with van der Waals surface area (Å²) in [5.74, 6) is 1.29. The minimum Gasteiger partial charge on any atom is -0.497 e. The number of hydrogen-bond donors (Lipinski definition) is 1. The van der Waals surface area contributed by atoms with Crippen LogP contribution in [0.5, 0.6) is 5.75 Å². The molecule has 2 aliphatic heterocycles. The second-order valence-electron chi connectivity index (χ2n) is 5.57. The number of ether oxygens (including phenoxy) is 2. The van der Waals surface area contributed by atoms with E-state index in [9.17, 15) is 0 Å². The molecular formula is C17H18N2O2. The van der Waals surface area contributed by atoms with Crippen LogP contribution in [0.1, 0.15) is 29.8 Å². The van der Waals surface area contributed by atoms with E-state index in [4.69, 9.17) is 9.47 Å². The fourth-order valence-corrected chi connectivity index (χ4v) is 3.43. The lowest BCUT2D eigenvalue weighted by Crippen LogP contribution is -2.29. The average molecular weight is 282 g/mol. The van der Waals surface area contributed by atoms with Crippen LogP contribution in [0.2, 0.25) is 0 Å². The number of benzene rings is 1. The highest BCUT2D eigenvalue weighted by molar-refractivity contribution is 5.59. The molecule has 0 amide bonds. The SMILES string of the molecule is COc1ccc2c(c1)[C@@H]1OCC[C@@H]1[C@H](c1ccccn1)N2. The van der Waals surface area contributed by atoms with Gasteiger partial charge < -0.3 is 14.8 Å². The zero-order chi connectivity index (χ0) is 14.2. The summed E-state index contributed by atoms with van der Waals surface area (Å²) >= 11 is 0. The Morgan fingerprint density at radius 3 is 3.05 bits per heavy atom. The molecule has 0 aliphatic carbocycles. The van der Waals surface area contributed by atoms with E-state index < -0.39 is 0 Å². The Kier molecular flexibility index (Phi) is 3.04. The van der Waals surface area contributed by atoms with Gasteiger partial charge in [0, 0.05) is 30.0 Å². The quantitative estimate of drug-likeness (QED) is 0.917. The second-order valence-corrected chi connectivity index (χ2v) is 5.57. The molecule has 1 fully saturated rings. The van der Waals surface area contributed by atoms with E-state index in [1.165, 1.54) is 5.56 Å². The van der Waals surface area contributed by atoms with Crippen LogP contribution in [0.3, 0.4) is 0 Å². The monoisotopic (exact) mass is 282 g/mol. The van der Waals surface area contributed by atoms with Gasteiger partial charge in [-0.05, 0) is 36.8 Å². The summed E-state index contributed by atoms with van der Waals surface area (Å²) in [4.78, 5) is 4.53. The zero-order valence-corrected chi connectivity index (χ0v) is 12.0. The summed E-state index contributed by atoms with van der Waals surface area (Å²) in [5.41, 5.74) is 3.40. The maximum absolute atomic E-state index is 6.01. The molecule has 3 atom stereocenters. The van der Waals surface area contributed by atoms with Crippen molar-refractivity contribution < 1.29 is 9.47 Å². The van der Waals surface area contributed by atoms with Gasteiger partial charge in [0.2, 0.25) is 0 Å². The molecule has 4 nitrogen and oxygen atoms in total. The highest BCUT2D eigenvalue weighted by Gasteiger charge is 2.42. The fraction of sp³-hybridized carbons (Fsp3) is 0.353. The van der Waals surface area contributed by atoms with Gasteiger partial charge in [-0.15, -0.1) is 0 Å². The topological polar surface area (TPSA) is 43.4 Å². The van der Waals surface area contributed by atoms with Gasteiger partial charge in [-0.3, -0.25) is 4.98 Å². The number of anilines is 1. The molecule has 1 saturated heterocycles. The molecule has 0 saturated carbocycles. The van der Waals surface area contributed by atoms with Crippen molar-refractivity contribution in [1.29, 1.82) is 0 Å². The van der Waals surface area contributed by atoms with E-state index in [0.717, 1.165) is 30.2 Å². The van der Waals surface area contributed by atoms with Crippen LogP contribution in [0.15, 0.2) is 42.6 Å². The van der Waals surface area contributed by atoms with Crippen molar-refractivity contribution >= 4 is 5.69 Å². The predicted octanol–water partition coefficient (Wildman–Crippen LogP) is 3.33. The smallest absolute Gasteiger partial charge is 0.119 e. The molecule has 1 aromatic carbocycles. The molecule has 0 spiro atoms. The fourth-order valence-electron chi connectivity index (χ4n) is 3.43. The molecule has 1 aromatic heterocycles. The van der Waals surface area contributed by atoms with Gasteiger partial charge in [0.15, 0.2) is 0 Å². The summed E-state index contributed by atoms with van der Waals surface area (Å²) in [7, 11) is 1.70. The van der Waals surface area contributed by atoms with E-state index in [1.54, 1.807) is 7.11 Å². The van der Waals surface area contributed by atoms with Crippen LogP contribution in [0.4, 0.5) is 5.69 Å². The number of nitrogens with one attached hydrogen (secondary N) is 1. The van der Waals surface area contributed by atoms with Crippen LogP contribution in [-0.4, -0.2) is 18.7 Å². The standard InChI is InChI=1S/C17H18N2O2/c1-20-11-5-6-14-13(10-11)17-12(7-9-21-17)16(19-14)15-4-2-3-8-18-15/h2-6,8,10,12,16-17,19H,7,9H2,1H3/t12-,16-,17-/m1/s1. The number of rotatable bonds is 2. The molecule has 21 heavy (non-hydrogen) atoms. The second kappa shape index (κ2) is 5.04. The Balaban J connectivity index is 1.77. The van der Waals surface area contributed by atoms with E-state index in [1.807, 2.05) is 24.4 Å². The first-order chi connectivity index (χ1) is 10.4. The van der Waals surface area contributed by atoms with Crippen molar-refractivity contribution in [3.63, 3.8) is 0 Å². The molecule has 4 rings (SSSR count). The molecule has 3 heterocycles. The minimum atomic E-state index is 0.128. The number of fused-ring (bicyclic) bond motifs is 3. The maximum Gasteiger partial charge on any atom is 0.119 e. The van der Waals surface area contributed by atoms with Crippen molar-refractivity contribution in [2.75, 3.05) is 19.0 Å². The number of nitrogens with zero attached hydrogens (tertiary/aromatic N) is 1. The van der Waals surface area contributed by atoms with Gasteiger partial charge in [0.1, 0.15) is 5.75 Å². The molecule has 0 bridgehead atoms. The molecule has 4 heteroatoms. The third-order valence-electron chi connectivity index (χ3n) is 4.45. The van der Waals surface area contributed by atoms with Gasteiger partial charge in [0.25, 0.3) is 0 Å². The summed E-state index contributed by atoms with van der Waals surface area (Å²) in [5, 5.41) is 3.64. The van der Waals surface area contributed by atoms with E-state index in [0.29, 0.717) is 5.92 Å². The Labute approximate surface area is 124 Å². The first-order valence-corrected chi connectivity index (χ1v) is 7.34. The molecule has 2 aliphatic rings. The van der Waals surface area contributed by atoms with Gasteiger partial charge in [0.05, 0.1) is 24.9 Å². The third kappa shape index (κ3) is 2.07. The Hall–Kier alpha value is -2.07. The maximum atomic E-state index is 6.01. The van der Waals surface area contributed by atoms with Crippen LogP contribution in [-0.2, 0) is 4.74 Å². The Bertz CT molecular complexity index is 644. The number of pyridine rings is 1. The van der Waals surface area contributed by atoms with Crippen molar-refractivity contribution in [3.05, 3.63) is 53.9 Å². The van der Waals surface area contributed by atoms with E-state index in [2.05, 4.69) is 28.5 Å². The van der Waals surface area contributed by atoms with Gasteiger partial charge in [-0.2, -0.15) is 0 Å². The average Bonchev–Trinajstić information content (AvgIpc) is 3.04. The predicted molar refractivity (Wildman–Crippen MR) is 80.4 cm³/mol. The Morgan fingerprint density at radius 1 is 1.29 bits per heavy atom. The highest BCUT2D eigenvalue weighted by atomic mass is 16.5. The van der Waals surface area contributed by atoms with Crippen molar-refractivity contribution in [1.82, 2.24) is 4.98 Å². The molecular weight excluding hydrogens is 264 g/mol.